The Bertz CT molecular complexity index is 828. The van der Waals surface area contributed by atoms with E-state index in [2.05, 4.69) is 5.32 Å². The van der Waals surface area contributed by atoms with Crippen molar-refractivity contribution in [2.24, 2.45) is 5.92 Å². The van der Waals surface area contributed by atoms with Gasteiger partial charge in [-0.15, -0.1) is 0 Å². The number of halogens is 3. The van der Waals surface area contributed by atoms with E-state index in [9.17, 15) is 18.4 Å². The third-order valence-corrected chi connectivity index (χ3v) is 4.38. The number of benzene rings is 2. The molecule has 1 unspecified atom stereocenters. The highest BCUT2D eigenvalue weighted by Crippen LogP contribution is 2.24. The van der Waals surface area contributed by atoms with Gasteiger partial charge in [0, 0.05) is 30.8 Å². The molecule has 0 aromatic heterocycles. The topological polar surface area (TPSA) is 49.4 Å². The Hall–Kier alpha value is -2.47. The number of hydrogen-bond acceptors (Lipinski definition) is 2. The SMILES string of the molecule is O=C(Nc1ccc(F)c(Cl)c1)C1CC(=O)N(Cc2ccccc2F)C1. The van der Waals surface area contributed by atoms with E-state index in [1.165, 1.54) is 23.1 Å². The normalized spacial score (nSPS) is 17.0. The Kier molecular flexibility index (Phi) is 4.99. The zero-order valence-electron chi connectivity index (χ0n) is 13.1. The monoisotopic (exact) mass is 364 g/mol. The van der Waals surface area contributed by atoms with Crippen molar-refractivity contribution in [3.05, 3.63) is 64.7 Å². The third kappa shape index (κ3) is 3.96. The van der Waals surface area contributed by atoms with Crippen LogP contribution in [0.3, 0.4) is 0 Å². The number of likely N-dealkylation sites (tertiary alicyclic amines) is 1. The van der Waals surface area contributed by atoms with Gasteiger partial charge in [-0.3, -0.25) is 9.59 Å². The number of nitrogens with one attached hydrogen (secondary N) is 1. The van der Waals surface area contributed by atoms with Gasteiger partial charge in [0.05, 0.1) is 10.9 Å². The maximum absolute atomic E-state index is 13.7. The molecule has 0 aliphatic carbocycles. The smallest absolute Gasteiger partial charge is 0.229 e. The van der Waals surface area contributed by atoms with Crippen molar-refractivity contribution in [2.75, 3.05) is 11.9 Å². The van der Waals surface area contributed by atoms with Crippen LogP contribution >= 0.6 is 11.6 Å². The van der Waals surface area contributed by atoms with E-state index in [4.69, 9.17) is 11.6 Å². The molecule has 25 heavy (non-hydrogen) atoms. The molecule has 7 heteroatoms. The summed E-state index contributed by atoms with van der Waals surface area (Å²) < 4.78 is 26.9. The van der Waals surface area contributed by atoms with Gasteiger partial charge in [-0.1, -0.05) is 29.8 Å². The van der Waals surface area contributed by atoms with E-state index < -0.39 is 11.7 Å². The van der Waals surface area contributed by atoms with Crippen molar-refractivity contribution in [1.29, 1.82) is 0 Å². The Morgan fingerprint density at radius 1 is 1.20 bits per heavy atom. The number of anilines is 1. The van der Waals surface area contributed by atoms with Crippen molar-refractivity contribution < 1.29 is 18.4 Å². The minimum atomic E-state index is -0.577. The van der Waals surface area contributed by atoms with Crippen molar-refractivity contribution in [3.8, 4) is 0 Å². The summed E-state index contributed by atoms with van der Waals surface area (Å²) in [7, 11) is 0. The molecule has 1 atom stereocenters. The first-order valence-corrected chi connectivity index (χ1v) is 8.09. The summed E-state index contributed by atoms with van der Waals surface area (Å²) in [6.07, 6.45) is 0.0508. The van der Waals surface area contributed by atoms with Crippen molar-refractivity contribution in [1.82, 2.24) is 4.90 Å². The highest BCUT2D eigenvalue weighted by atomic mass is 35.5. The minimum Gasteiger partial charge on any atom is -0.337 e. The highest BCUT2D eigenvalue weighted by molar-refractivity contribution is 6.31. The molecule has 1 fully saturated rings. The van der Waals surface area contributed by atoms with Gasteiger partial charge in [0.15, 0.2) is 0 Å². The van der Waals surface area contributed by atoms with E-state index in [0.29, 0.717) is 11.3 Å². The van der Waals surface area contributed by atoms with Crippen LogP contribution in [0.5, 0.6) is 0 Å². The van der Waals surface area contributed by atoms with Crippen molar-refractivity contribution in [3.63, 3.8) is 0 Å². The van der Waals surface area contributed by atoms with Crippen LogP contribution in [0.1, 0.15) is 12.0 Å². The Morgan fingerprint density at radius 3 is 2.68 bits per heavy atom. The van der Waals surface area contributed by atoms with Gasteiger partial charge < -0.3 is 10.2 Å². The molecular weight excluding hydrogens is 350 g/mol. The van der Waals surface area contributed by atoms with E-state index in [0.717, 1.165) is 6.07 Å². The number of hydrogen-bond donors (Lipinski definition) is 1. The zero-order valence-corrected chi connectivity index (χ0v) is 13.9. The molecule has 1 saturated heterocycles. The lowest BCUT2D eigenvalue weighted by atomic mass is 10.1. The average molecular weight is 365 g/mol. The van der Waals surface area contributed by atoms with Gasteiger partial charge in [-0.2, -0.15) is 0 Å². The Balaban J connectivity index is 1.64. The summed E-state index contributed by atoms with van der Waals surface area (Å²) in [6, 6.07) is 10.1. The molecule has 2 aromatic rings. The number of carbonyl (C=O) groups excluding carboxylic acids is 2. The summed E-state index contributed by atoms with van der Waals surface area (Å²) in [4.78, 5) is 25.9. The molecule has 0 bridgehead atoms. The minimum absolute atomic E-state index is 0.0508. The molecule has 2 aromatic carbocycles. The summed E-state index contributed by atoms with van der Waals surface area (Å²) in [5, 5.41) is 2.53. The van der Waals surface area contributed by atoms with Crippen LogP contribution in [-0.2, 0) is 16.1 Å². The van der Waals surface area contributed by atoms with E-state index in [-0.39, 0.29) is 42.2 Å². The zero-order chi connectivity index (χ0) is 18.0. The molecule has 3 rings (SSSR count). The molecular formula is C18H15ClF2N2O2. The fourth-order valence-corrected chi connectivity index (χ4v) is 2.93. The van der Waals surface area contributed by atoms with E-state index >= 15 is 0 Å². The second kappa shape index (κ2) is 7.19. The van der Waals surface area contributed by atoms with Gasteiger partial charge in [0.2, 0.25) is 11.8 Å². The lowest BCUT2D eigenvalue weighted by Gasteiger charge is -2.17. The molecule has 1 N–H and O–H groups in total. The van der Waals surface area contributed by atoms with Crippen LogP contribution in [0.4, 0.5) is 14.5 Å². The average Bonchev–Trinajstić information content (AvgIpc) is 2.94. The largest absolute Gasteiger partial charge is 0.337 e. The van der Waals surface area contributed by atoms with Gasteiger partial charge in [-0.25, -0.2) is 8.78 Å². The molecule has 2 amide bonds. The second-order valence-corrected chi connectivity index (χ2v) is 6.29. The van der Waals surface area contributed by atoms with Crippen LogP contribution in [0.2, 0.25) is 5.02 Å². The molecule has 1 aliphatic heterocycles. The lowest BCUT2D eigenvalue weighted by molar-refractivity contribution is -0.128. The predicted octanol–water partition coefficient (Wildman–Crippen LogP) is 3.61. The van der Waals surface area contributed by atoms with Crippen LogP contribution in [0, 0.1) is 17.6 Å². The quantitative estimate of drug-likeness (QED) is 0.901. The molecule has 1 aliphatic rings. The van der Waals surface area contributed by atoms with Gasteiger partial charge in [0.25, 0.3) is 0 Å². The summed E-state index contributed by atoms with van der Waals surface area (Å²) in [5.74, 6) is -2.08. The number of amides is 2. The predicted molar refractivity (Wildman–Crippen MR) is 90.0 cm³/mol. The molecule has 130 valence electrons. The maximum Gasteiger partial charge on any atom is 0.229 e. The highest BCUT2D eigenvalue weighted by Gasteiger charge is 2.34. The Labute approximate surface area is 148 Å². The van der Waals surface area contributed by atoms with Crippen molar-refractivity contribution in [2.45, 2.75) is 13.0 Å². The van der Waals surface area contributed by atoms with Gasteiger partial charge >= 0.3 is 0 Å². The summed E-state index contributed by atoms with van der Waals surface area (Å²) in [6.45, 7) is 0.325. The number of carbonyl (C=O) groups is 2. The van der Waals surface area contributed by atoms with Gasteiger partial charge in [0.1, 0.15) is 11.6 Å². The summed E-state index contributed by atoms with van der Waals surface area (Å²) >= 11 is 5.68. The summed E-state index contributed by atoms with van der Waals surface area (Å²) in [5.41, 5.74) is 0.763. The third-order valence-electron chi connectivity index (χ3n) is 4.09. The first kappa shape index (κ1) is 17.4. The molecule has 0 saturated carbocycles. The van der Waals surface area contributed by atoms with Crippen LogP contribution in [0.15, 0.2) is 42.5 Å². The van der Waals surface area contributed by atoms with E-state index in [1.807, 2.05) is 0 Å². The lowest BCUT2D eigenvalue weighted by Crippen LogP contribution is -2.28. The fraction of sp³-hybridized carbons (Fsp3) is 0.222. The van der Waals surface area contributed by atoms with Crippen molar-refractivity contribution >= 4 is 29.1 Å². The van der Waals surface area contributed by atoms with Crippen LogP contribution in [-0.4, -0.2) is 23.3 Å². The molecule has 0 spiro atoms. The molecule has 0 radical (unpaired) electrons. The van der Waals surface area contributed by atoms with E-state index in [1.54, 1.807) is 18.2 Å². The second-order valence-electron chi connectivity index (χ2n) is 5.88. The van der Waals surface area contributed by atoms with Gasteiger partial charge in [-0.05, 0) is 24.3 Å². The first-order valence-electron chi connectivity index (χ1n) is 7.71. The standard InChI is InChI=1S/C18H15ClF2N2O2/c19-14-8-13(5-6-16(14)21)22-18(25)12-7-17(24)23(10-12)9-11-3-1-2-4-15(11)20/h1-6,8,12H,7,9-10H2,(H,22,25). The fourth-order valence-electron chi connectivity index (χ4n) is 2.75. The van der Waals surface area contributed by atoms with Crippen LogP contribution < -0.4 is 5.32 Å². The Morgan fingerprint density at radius 2 is 1.96 bits per heavy atom. The molecule has 1 heterocycles. The first-order chi connectivity index (χ1) is 11.9. The van der Waals surface area contributed by atoms with Crippen LogP contribution in [0.25, 0.3) is 0 Å². The maximum atomic E-state index is 13.7. The number of nitrogens with zero attached hydrogens (tertiary/aromatic N) is 1. The molecule has 4 nitrogen and oxygen atoms in total. The number of rotatable bonds is 4.